The molecule has 0 aliphatic carbocycles. The van der Waals surface area contributed by atoms with E-state index in [-0.39, 0.29) is 18.9 Å². The number of hydrazine groups is 1. The number of hydrogen-bond acceptors (Lipinski definition) is 4. The van der Waals surface area contributed by atoms with Crippen molar-refractivity contribution in [2.24, 2.45) is 5.73 Å². The van der Waals surface area contributed by atoms with Crippen molar-refractivity contribution in [1.29, 1.82) is 0 Å². The lowest BCUT2D eigenvalue weighted by Gasteiger charge is -2.04. The van der Waals surface area contributed by atoms with Crippen LogP contribution >= 0.6 is 0 Å². The third-order valence-electron chi connectivity index (χ3n) is 1.71. The summed E-state index contributed by atoms with van der Waals surface area (Å²) in [6.45, 7) is -0.154. The maximum absolute atomic E-state index is 11.2. The fraction of sp³-hybridized carbons (Fsp3) is 0.333. The van der Waals surface area contributed by atoms with E-state index < -0.39 is 5.91 Å². The minimum atomic E-state index is -0.429. The molecular weight excluding hydrogens is 198 g/mol. The molecule has 0 unspecified atom stereocenters. The molecule has 6 nitrogen and oxygen atoms in total. The van der Waals surface area contributed by atoms with E-state index in [1.165, 1.54) is 0 Å². The van der Waals surface area contributed by atoms with Gasteiger partial charge in [-0.1, -0.05) is 0 Å². The highest BCUT2D eigenvalue weighted by Gasteiger charge is 2.04. The van der Waals surface area contributed by atoms with Crippen molar-refractivity contribution in [2.45, 2.75) is 12.8 Å². The highest BCUT2D eigenvalue weighted by molar-refractivity contribution is 5.82. The van der Waals surface area contributed by atoms with E-state index in [0.717, 1.165) is 5.76 Å². The fourth-order valence-corrected chi connectivity index (χ4v) is 0.945. The molecule has 0 aliphatic rings. The number of carbonyl (C=O) groups excluding carboxylic acids is 2. The van der Waals surface area contributed by atoms with E-state index in [9.17, 15) is 9.59 Å². The zero-order chi connectivity index (χ0) is 11.1. The third kappa shape index (κ3) is 4.28. The predicted octanol–water partition coefficient (Wildman–Crippen LogP) is -0.682. The SMILES string of the molecule is NCC(=O)NNC(=O)CCc1ccco1. The summed E-state index contributed by atoms with van der Waals surface area (Å²) in [4.78, 5) is 21.8. The lowest BCUT2D eigenvalue weighted by Crippen LogP contribution is -2.44. The van der Waals surface area contributed by atoms with Gasteiger partial charge in [0, 0.05) is 12.8 Å². The standard InChI is InChI=1S/C9H13N3O3/c10-6-9(14)12-11-8(13)4-3-7-2-1-5-15-7/h1-2,5H,3-4,6,10H2,(H,11,13)(H,12,14). The number of nitrogens with one attached hydrogen (secondary N) is 2. The maximum atomic E-state index is 11.2. The van der Waals surface area contributed by atoms with E-state index in [1.807, 2.05) is 0 Å². The smallest absolute Gasteiger partial charge is 0.252 e. The van der Waals surface area contributed by atoms with Gasteiger partial charge in [0.1, 0.15) is 5.76 Å². The largest absolute Gasteiger partial charge is 0.469 e. The van der Waals surface area contributed by atoms with Gasteiger partial charge in [0.05, 0.1) is 12.8 Å². The Morgan fingerprint density at radius 2 is 2.07 bits per heavy atom. The van der Waals surface area contributed by atoms with E-state index in [1.54, 1.807) is 18.4 Å². The number of carbonyl (C=O) groups is 2. The van der Waals surface area contributed by atoms with Crippen LogP contribution in [0.25, 0.3) is 0 Å². The molecule has 82 valence electrons. The van der Waals surface area contributed by atoms with Crippen LogP contribution in [-0.2, 0) is 16.0 Å². The summed E-state index contributed by atoms with van der Waals surface area (Å²) in [6, 6.07) is 3.54. The van der Waals surface area contributed by atoms with Crippen LogP contribution in [0.4, 0.5) is 0 Å². The molecule has 15 heavy (non-hydrogen) atoms. The monoisotopic (exact) mass is 211 g/mol. The molecule has 0 spiro atoms. The van der Waals surface area contributed by atoms with Gasteiger partial charge < -0.3 is 10.2 Å². The minimum Gasteiger partial charge on any atom is -0.469 e. The molecule has 1 aromatic heterocycles. The Hall–Kier alpha value is -1.82. The molecule has 0 radical (unpaired) electrons. The molecule has 1 rings (SSSR count). The molecule has 0 atom stereocenters. The van der Waals surface area contributed by atoms with Gasteiger partial charge in [0.15, 0.2) is 0 Å². The van der Waals surface area contributed by atoms with E-state index in [0.29, 0.717) is 6.42 Å². The van der Waals surface area contributed by atoms with Crippen molar-refractivity contribution in [1.82, 2.24) is 10.9 Å². The Kier molecular flexibility index (Phi) is 4.36. The van der Waals surface area contributed by atoms with Crippen LogP contribution in [0.1, 0.15) is 12.2 Å². The van der Waals surface area contributed by atoms with Crippen molar-refractivity contribution in [3.63, 3.8) is 0 Å². The average Bonchev–Trinajstić information content (AvgIpc) is 2.75. The highest BCUT2D eigenvalue weighted by atomic mass is 16.3. The molecule has 0 saturated carbocycles. The molecule has 0 aliphatic heterocycles. The van der Waals surface area contributed by atoms with Gasteiger partial charge in [-0.15, -0.1) is 0 Å². The first-order valence-corrected chi connectivity index (χ1v) is 4.52. The van der Waals surface area contributed by atoms with Crippen molar-refractivity contribution in [3.8, 4) is 0 Å². The zero-order valence-corrected chi connectivity index (χ0v) is 8.16. The quantitative estimate of drug-likeness (QED) is 0.575. The Balaban J connectivity index is 2.16. The molecule has 0 bridgehead atoms. The summed E-state index contributed by atoms with van der Waals surface area (Å²) in [5.74, 6) is 0.0184. The lowest BCUT2D eigenvalue weighted by atomic mass is 10.2. The average molecular weight is 211 g/mol. The predicted molar refractivity (Wildman–Crippen MR) is 52.4 cm³/mol. The fourth-order valence-electron chi connectivity index (χ4n) is 0.945. The van der Waals surface area contributed by atoms with Gasteiger partial charge >= 0.3 is 0 Å². The molecule has 6 heteroatoms. The van der Waals surface area contributed by atoms with Crippen LogP contribution in [0.3, 0.4) is 0 Å². The summed E-state index contributed by atoms with van der Waals surface area (Å²) >= 11 is 0. The van der Waals surface area contributed by atoms with Gasteiger partial charge in [-0.05, 0) is 12.1 Å². The van der Waals surface area contributed by atoms with Crippen LogP contribution in [0.5, 0.6) is 0 Å². The number of rotatable bonds is 4. The van der Waals surface area contributed by atoms with E-state index in [2.05, 4.69) is 10.9 Å². The van der Waals surface area contributed by atoms with Crippen molar-refractivity contribution in [3.05, 3.63) is 24.2 Å². The second kappa shape index (κ2) is 5.82. The molecule has 1 aromatic rings. The van der Waals surface area contributed by atoms with Crippen LogP contribution in [0, 0.1) is 0 Å². The second-order valence-corrected chi connectivity index (χ2v) is 2.88. The van der Waals surface area contributed by atoms with E-state index >= 15 is 0 Å². The van der Waals surface area contributed by atoms with Crippen molar-refractivity contribution >= 4 is 11.8 Å². The molecule has 2 amide bonds. The molecule has 0 aromatic carbocycles. The van der Waals surface area contributed by atoms with Gasteiger partial charge in [-0.25, -0.2) is 0 Å². The van der Waals surface area contributed by atoms with Gasteiger partial charge in [-0.3, -0.25) is 20.4 Å². The molecule has 1 heterocycles. The number of nitrogens with two attached hydrogens (primary N) is 1. The first-order valence-electron chi connectivity index (χ1n) is 4.52. The normalized spacial score (nSPS) is 9.67. The number of furan rings is 1. The summed E-state index contributed by atoms with van der Waals surface area (Å²) in [5.41, 5.74) is 9.43. The van der Waals surface area contributed by atoms with Crippen molar-refractivity contribution < 1.29 is 14.0 Å². The zero-order valence-electron chi connectivity index (χ0n) is 8.16. The Morgan fingerprint density at radius 1 is 1.33 bits per heavy atom. The first-order chi connectivity index (χ1) is 7.22. The minimum absolute atomic E-state index is 0.154. The summed E-state index contributed by atoms with van der Waals surface area (Å²) in [6.07, 6.45) is 2.29. The molecule has 0 saturated heterocycles. The lowest BCUT2D eigenvalue weighted by molar-refractivity contribution is -0.128. The topological polar surface area (TPSA) is 97.4 Å². The van der Waals surface area contributed by atoms with E-state index in [4.69, 9.17) is 10.2 Å². The first kappa shape index (κ1) is 11.3. The number of amides is 2. The molecule has 0 fully saturated rings. The Morgan fingerprint density at radius 3 is 2.67 bits per heavy atom. The van der Waals surface area contributed by atoms with Gasteiger partial charge in [0.2, 0.25) is 5.91 Å². The summed E-state index contributed by atoms with van der Waals surface area (Å²) < 4.78 is 5.04. The number of hydrogen-bond donors (Lipinski definition) is 3. The Bertz CT molecular complexity index is 321. The van der Waals surface area contributed by atoms with Crippen LogP contribution in [0.15, 0.2) is 22.8 Å². The molecule has 4 N–H and O–H groups in total. The summed E-state index contributed by atoms with van der Waals surface area (Å²) in [7, 11) is 0. The second-order valence-electron chi connectivity index (χ2n) is 2.88. The van der Waals surface area contributed by atoms with Gasteiger partial charge in [0.25, 0.3) is 5.91 Å². The third-order valence-corrected chi connectivity index (χ3v) is 1.71. The number of aryl methyl sites for hydroxylation is 1. The highest BCUT2D eigenvalue weighted by Crippen LogP contribution is 2.02. The van der Waals surface area contributed by atoms with Gasteiger partial charge in [-0.2, -0.15) is 0 Å². The maximum Gasteiger partial charge on any atom is 0.252 e. The summed E-state index contributed by atoms with van der Waals surface area (Å²) in [5, 5.41) is 0. The van der Waals surface area contributed by atoms with Crippen LogP contribution in [0.2, 0.25) is 0 Å². The van der Waals surface area contributed by atoms with Crippen LogP contribution < -0.4 is 16.6 Å². The Labute approximate surface area is 86.8 Å². The molecular formula is C9H13N3O3. The van der Waals surface area contributed by atoms with Crippen LogP contribution in [-0.4, -0.2) is 18.4 Å². The van der Waals surface area contributed by atoms with Crippen molar-refractivity contribution in [2.75, 3.05) is 6.54 Å².